The minimum absolute atomic E-state index is 0.0259. The third-order valence-electron chi connectivity index (χ3n) is 4.09. The smallest absolute Gasteiger partial charge is 0.339 e. The summed E-state index contributed by atoms with van der Waals surface area (Å²) < 4.78 is 4.88. The monoisotopic (exact) mass is 340 g/mol. The maximum absolute atomic E-state index is 11.4. The van der Waals surface area contributed by atoms with Gasteiger partial charge in [0.2, 0.25) is 0 Å². The van der Waals surface area contributed by atoms with Crippen molar-refractivity contribution in [2.45, 2.75) is 40.5 Å². The van der Waals surface area contributed by atoms with Crippen LogP contribution in [0.15, 0.2) is 11.6 Å². The largest absolute Gasteiger partial charge is 0.507 e. The molecule has 0 aliphatic carbocycles. The molecule has 0 aliphatic rings. The zero-order valence-electron chi connectivity index (χ0n) is 14.3. The van der Waals surface area contributed by atoms with E-state index in [0.717, 1.165) is 16.7 Å². The highest BCUT2D eigenvalue weighted by Crippen LogP contribution is 2.35. The Labute approximate surface area is 138 Å². The first-order valence-electron chi connectivity index (χ1n) is 7.47. The molecule has 1 rings (SSSR count). The van der Waals surface area contributed by atoms with Gasteiger partial charge in [0.25, 0.3) is 0 Å². The predicted molar refractivity (Wildman–Crippen MR) is 92.4 cm³/mol. The molecule has 1 aromatic carbocycles. The minimum atomic E-state index is -1.47. The van der Waals surface area contributed by atoms with Gasteiger partial charge in [-0.15, -0.1) is 0 Å². The molecule has 5 nitrogen and oxygen atoms in total. The topological polar surface area (TPSA) is 87.0 Å². The summed E-state index contributed by atoms with van der Waals surface area (Å²) in [6.45, 7) is 7.48. The SMILES string of the molecule is CCc1c(C)c(C)c(C(=O)O)c(O)c1C/C=C(\C)CP(O)OC. The van der Waals surface area contributed by atoms with Crippen LogP contribution in [-0.2, 0) is 17.4 Å². The number of phenols is 1. The molecule has 0 aliphatic heterocycles. The number of aromatic hydroxyl groups is 1. The lowest BCUT2D eigenvalue weighted by Gasteiger charge is -2.18. The van der Waals surface area contributed by atoms with E-state index in [4.69, 9.17) is 4.52 Å². The van der Waals surface area contributed by atoms with Gasteiger partial charge in [-0.3, -0.25) is 0 Å². The van der Waals surface area contributed by atoms with Gasteiger partial charge < -0.3 is 19.6 Å². The third kappa shape index (κ3) is 4.54. The maximum Gasteiger partial charge on any atom is 0.339 e. The van der Waals surface area contributed by atoms with Crippen molar-refractivity contribution in [3.05, 3.63) is 39.5 Å². The molecular formula is C17H25O5P. The van der Waals surface area contributed by atoms with E-state index in [2.05, 4.69) is 0 Å². The van der Waals surface area contributed by atoms with Crippen LogP contribution in [0.1, 0.15) is 46.5 Å². The van der Waals surface area contributed by atoms with E-state index in [1.54, 1.807) is 6.92 Å². The van der Waals surface area contributed by atoms with E-state index in [1.165, 1.54) is 7.11 Å². The summed E-state index contributed by atoms with van der Waals surface area (Å²) in [7, 11) is -0.00915. The number of rotatable bonds is 7. The third-order valence-corrected chi connectivity index (χ3v) is 5.29. The summed E-state index contributed by atoms with van der Waals surface area (Å²) >= 11 is 0. The van der Waals surface area contributed by atoms with Gasteiger partial charge in [-0.25, -0.2) is 4.79 Å². The van der Waals surface area contributed by atoms with Crippen LogP contribution in [0, 0.1) is 13.8 Å². The second-order valence-corrected chi connectivity index (χ2v) is 6.92. The molecule has 0 heterocycles. The Morgan fingerprint density at radius 3 is 2.35 bits per heavy atom. The number of carboxylic acid groups (broad SMARTS) is 1. The molecule has 23 heavy (non-hydrogen) atoms. The Balaban J connectivity index is 3.30. The molecule has 0 amide bonds. The number of aromatic carboxylic acids is 1. The highest BCUT2D eigenvalue weighted by atomic mass is 31.2. The highest BCUT2D eigenvalue weighted by molar-refractivity contribution is 7.46. The number of allylic oxidation sites excluding steroid dienone is 2. The average molecular weight is 340 g/mol. The van der Waals surface area contributed by atoms with Gasteiger partial charge in [0.1, 0.15) is 11.3 Å². The Morgan fingerprint density at radius 2 is 1.87 bits per heavy atom. The lowest BCUT2D eigenvalue weighted by Crippen LogP contribution is -2.08. The molecule has 0 radical (unpaired) electrons. The Morgan fingerprint density at radius 1 is 1.26 bits per heavy atom. The highest BCUT2D eigenvalue weighted by Gasteiger charge is 2.22. The summed E-state index contributed by atoms with van der Waals surface area (Å²) in [6.07, 6.45) is 3.48. The molecule has 1 atom stereocenters. The Kier molecular flexibility index (Phi) is 7.20. The quantitative estimate of drug-likeness (QED) is 0.520. The number of hydrogen-bond acceptors (Lipinski definition) is 4. The van der Waals surface area contributed by atoms with Crippen LogP contribution < -0.4 is 0 Å². The van der Waals surface area contributed by atoms with E-state index in [0.29, 0.717) is 30.1 Å². The molecule has 0 bridgehead atoms. The fourth-order valence-electron chi connectivity index (χ4n) is 2.69. The van der Waals surface area contributed by atoms with Crippen molar-refractivity contribution in [1.29, 1.82) is 0 Å². The lowest BCUT2D eigenvalue weighted by molar-refractivity contribution is 0.0692. The minimum Gasteiger partial charge on any atom is -0.507 e. The van der Waals surface area contributed by atoms with Crippen LogP contribution in [0.4, 0.5) is 0 Å². The van der Waals surface area contributed by atoms with Crippen LogP contribution in [0.2, 0.25) is 0 Å². The van der Waals surface area contributed by atoms with Crippen molar-refractivity contribution < 1.29 is 24.4 Å². The zero-order chi connectivity index (χ0) is 17.7. The maximum atomic E-state index is 11.4. The van der Waals surface area contributed by atoms with Gasteiger partial charge >= 0.3 is 5.97 Å². The number of carboxylic acids is 1. The molecule has 0 aromatic heterocycles. The van der Waals surface area contributed by atoms with E-state index in [1.807, 2.05) is 26.8 Å². The summed E-state index contributed by atoms with van der Waals surface area (Å²) in [4.78, 5) is 21.0. The first-order chi connectivity index (χ1) is 10.7. The van der Waals surface area contributed by atoms with Crippen LogP contribution in [0.3, 0.4) is 0 Å². The number of carbonyl (C=O) groups is 1. The molecule has 1 unspecified atom stereocenters. The second-order valence-electron chi connectivity index (χ2n) is 5.54. The fourth-order valence-corrected chi connectivity index (χ4v) is 3.38. The van der Waals surface area contributed by atoms with E-state index in [9.17, 15) is 19.9 Å². The van der Waals surface area contributed by atoms with Gasteiger partial charge in [0.05, 0.1) is 0 Å². The predicted octanol–water partition coefficient (Wildman–Crippen LogP) is 3.71. The normalized spacial score (nSPS) is 13.2. The molecule has 0 saturated carbocycles. The zero-order valence-corrected chi connectivity index (χ0v) is 15.2. The summed E-state index contributed by atoms with van der Waals surface area (Å²) in [5.41, 5.74) is 4.05. The summed E-state index contributed by atoms with van der Waals surface area (Å²) in [5, 5.41) is 19.8. The lowest BCUT2D eigenvalue weighted by atomic mass is 9.88. The number of hydrogen-bond donors (Lipinski definition) is 3. The van der Waals surface area contributed by atoms with Gasteiger partial charge in [0.15, 0.2) is 8.38 Å². The molecule has 0 saturated heterocycles. The van der Waals surface area contributed by atoms with Crippen molar-refractivity contribution in [2.24, 2.45) is 0 Å². The molecule has 0 fully saturated rings. The van der Waals surface area contributed by atoms with Gasteiger partial charge in [0, 0.05) is 18.8 Å². The summed E-state index contributed by atoms with van der Waals surface area (Å²) in [5.74, 6) is -1.27. The first-order valence-corrected chi connectivity index (χ1v) is 8.87. The van der Waals surface area contributed by atoms with Crippen LogP contribution in [0.5, 0.6) is 5.75 Å². The number of benzene rings is 1. The van der Waals surface area contributed by atoms with Crippen LogP contribution in [0.25, 0.3) is 0 Å². The molecule has 3 N–H and O–H groups in total. The van der Waals surface area contributed by atoms with Gasteiger partial charge in [-0.1, -0.05) is 18.6 Å². The first kappa shape index (κ1) is 19.6. The molecule has 1 aromatic rings. The molecular weight excluding hydrogens is 315 g/mol. The van der Waals surface area contributed by atoms with Crippen molar-refractivity contribution >= 4 is 14.3 Å². The fraction of sp³-hybridized carbons (Fsp3) is 0.471. The average Bonchev–Trinajstić information content (AvgIpc) is 2.48. The van der Waals surface area contributed by atoms with E-state index < -0.39 is 14.3 Å². The Hall–Kier alpha value is -1.42. The van der Waals surface area contributed by atoms with Crippen molar-refractivity contribution in [1.82, 2.24) is 0 Å². The van der Waals surface area contributed by atoms with Crippen molar-refractivity contribution in [3.63, 3.8) is 0 Å². The van der Waals surface area contributed by atoms with Crippen LogP contribution >= 0.6 is 8.38 Å². The van der Waals surface area contributed by atoms with E-state index in [-0.39, 0.29) is 11.3 Å². The molecule has 6 heteroatoms. The standard InChI is InChI=1S/C17H25O5P/c1-6-13-11(3)12(4)15(17(19)20)16(18)14(13)8-7-10(2)9-23(21)22-5/h7,18,21H,6,8-9H2,1-5H3,(H,19,20)/b10-7+. The van der Waals surface area contributed by atoms with Gasteiger partial charge in [-0.05, 0) is 50.3 Å². The Bertz CT molecular complexity index is 622. The van der Waals surface area contributed by atoms with Crippen molar-refractivity contribution in [2.75, 3.05) is 13.3 Å². The molecule has 128 valence electrons. The summed E-state index contributed by atoms with van der Waals surface area (Å²) in [6, 6.07) is 0. The second kappa shape index (κ2) is 8.44. The van der Waals surface area contributed by atoms with Crippen molar-refractivity contribution in [3.8, 4) is 5.75 Å². The molecule has 0 spiro atoms. The van der Waals surface area contributed by atoms with Gasteiger partial charge in [-0.2, -0.15) is 0 Å². The van der Waals surface area contributed by atoms with Crippen LogP contribution in [-0.4, -0.2) is 34.3 Å². The van der Waals surface area contributed by atoms with E-state index >= 15 is 0 Å².